The quantitative estimate of drug-likeness (QED) is 0.533. The summed E-state index contributed by atoms with van der Waals surface area (Å²) in [7, 11) is 0. The fourth-order valence-corrected chi connectivity index (χ4v) is 1.82. The molecular formula is C9H12N2O2. The predicted molar refractivity (Wildman–Crippen MR) is 47.9 cm³/mol. The topological polar surface area (TPSA) is 61.4 Å². The highest BCUT2D eigenvalue weighted by atomic mass is 16.4. The van der Waals surface area contributed by atoms with Crippen LogP contribution in [0.15, 0.2) is 24.3 Å². The fourth-order valence-electron chi connectivity index (χ4n) is 1.82. The molecule has 0 bridgehead atoms. The molecule has 1 fully saturated rings. The van der Waals surface area contributed by atoms with E-state index in [1.807, 2.05) is 24.3 Å². The second kappa shape index (κ2) is 3.32. The van der Waals surface area contributed by atoms with E-state index in [4.69, 9.17) is 5.11 Å². The van der Waals surface area contributed by atoms with Crippen molar-refractivity contribution in [3.05, 3.63) is 24.3 Å². The standard InChI is InChI=1S/C9H12N2O2/c12-9(13)8-6-4-2-1-3-5-7(6)10-11-8/h1-3,5-8,10-11H,4H2,(H,12,13). The van der Waals surface area contributed by atoms with Crippen molar-refractivity contribution in [3.63, 3.8) is 0 Å². The van der Waals surface area contributed by atoms with Gasteiger partial charge in [0.1, 0.15) is 6.04 Å². The van der Waals surface area contributed by atoms with E-state index in [2.05, 4.69) is 10.9 Å². The second-order valence-corrected chi connectivity index (χ2v) is 3.34. The van der Waals surface area contributed by atoms with Crippen molar-refractivity contribution < 1.29 is 9.90 Å². The maximum atomic E-state index is 10.8. The molecule has 0 spiro atoms. The highest BCUT2D eigenvalue weighted by Gasteiger charge is 2.38. The normalized spacial score (nSPS) is 37.1. The van der Waals surface area contributed by atoms with E-state index >= 15 is 0 Å². The number of carbonyl (C=O) groups is 1. The molecule has 3 unspecified atom stereocenters. The molecule has 1 aliphatic carbocycles. The van der Waals surface area contributed by atoms with Gasteiger partial charge in [-0.25, -0.2) is 10.9 Å². The molecular weight excluding hydrogens is 168 g/mol. The zero-order valence-corrected chi connectivity index (χ0v) is 7.10. The number of hydrogen-bond acceptors (Lipinski definition) is 3. The zero-order valence-electron chi connectivity index (χ0n) is 7.10. The maximum absolute atomic E-state index is 10.8. The van der Waals surface area contributed by atoms with Crippen LogP contribution in [0, 0.1) is 5.92 Å². The Balaban J connectivity index is 2.16. The van der Waals surface area contributed by atoms with Gasteiger partial charge in [-0.3, -0.25) is 4.79 Å². The first-order valence-corrected chi connectivity index (χ1v) is 4.36. The number of rotatable bonds is 1. The van der Waals surface area contributed by atoms with E-state index in [1.165, 1.54) is 0 Å². The summed E-state index contributed by atoms with van der Waals surface area (Å²) in [6.07, 6.45) is 8.70. The summed E-state index contributed by atoms with van der Waals surface area (Å²) in [5.74, 6) is -0.670. The highest BCUT2D eigenvalue weighted by Crippen LogP contribution is 2.22. The number of nitrogens with one attached hydrogen (secondary N) is 2. The Morgan fingerprint density at radius 1 is 1.38 bits per heavy atom. The molecule has 1 aliphatic heterocycles. The number of aliphatic carboxylic acids is 1. The third-order valence-electron chi connectivity index (χ3n) is 2.53. The van der Waals surface area contributed by atoms with Crippen molar-refractivity contribution in [1.29, 1.82) is 0 Å². The molecule has 70 valence electrons. The number of carboxylic acids is 1. The fraction of sp³-hybridized carbons (Fsp3) is 0.444. The van der Waals surface area contributed by atoms with E-state index in [0.717, 1.165) is 6.42 Å². The van der Waals surface area contributed by atoms with Gasteiger partial charge in [-0.15, -0.1) is 0 Å². The van der Waals surface area contributed by atoms with Crippen LogP contribution in [0.25, 0.3) is 0 Å². The van der Waals surface area contributed by atoms with Gasteiger partial charge < -0.3 is 5.11 Å². The second-order valence-electron chi connectivity index (χ2n) is 3.34. The molecule has 2 aliphatic rings. The lowest BCUT2D eigenvalue weighted by atomic mass is 9.92. The molecule has 3 atom stereocenters. The molecule has 13 heavy (non-hydrogen) atoms. The Hall–Kier alpha value is -1.13. The smallest absolute Gasteiger partial charge is 0.322 e. The molecule has 1 heterocycles. The number of allylic oxidation sites excluding steroid dienone is 3. The minimum absolute atomic E-state index is 0.118. The van der Waals surface area contributed by atoms with Gasteiger partial charge in [-0.2, -0.15) is 0 Å². The van der Waals surface area contributed by atoms with Crippen molar-refractivity contribution in [2.24, 2.45) is 5.92 Å². The Labute approximate surface area is 76.3 Å². The van der Waals surface area contributed by atoms with Crippen LogP contribution in [-0.4, -0.2) is 23.2 Å². The van der Waals surface area contributed by atoms with E-state index in [1.54, 1.807) is 0 Å². The summed E-state index contributed by atoms with van der Waals surface area (Å²) in [5.41, 5.74) is 5.76. The summed E-state index contributed by atoms with van der Waals surface area (Å²) >= 11 is 0. The third-order valence-corrected chi connectivity index (χ3v) is 2.53. The molecule has 0 aromatic carbocycles. The van der Waals surface area contributed by atoms with E-state index < -0.39 is 12.0 Å². The van der Waals surface area contributed by atoms with Gasteiger partial charge in [-0.1, -0.05) is 24.3 Å². The van der Waals surface area contributed by atoms with E-state index in [-0.39, 0.29) is 12.0 Å². The molecule has 0 saturated carbocycles. The zero-order chi connectivity index (χ0) is 9.26. The van der Waals surface area contributed by atoms with Gasteiger partial charge in [0.05, 0.1) is 0 Å². The molecule has 0 aromatic rings. The van der Waals surface area contributed by atoms with Crippen LogP contribution in [0.3, 0.4) is 0 Å². The van der Waals surface area contributed by atoms with Crippen LogP contribution in [0.1, 0.15) is 6.42 Å². The van der Waals surface area contributed by atoms with Gasteiger partial charge in [0, 0.05) is 12.0 Å². The minimum Gasteiger partial charge on any atom is -0.480 e. The van der Waals surface area contributed by atoms with Crippen molar-refractivity contribution in [3.8, 4) is 0 Å². The van der Waals surface area contributed by atoms with Crippen molar-refractivity contribution >= 4 is 5.97 Å². The van der Waals surface area contributed by atoms with Crippen LogP contribution in [0.5, 0.6) is 0 Å². The summed E-state index contributed by atoms with van der Waals surface area (Å²) in [5, 5.41) is 8.89. The minimum atomic E-state index is -0.788. The summed E-state index contributed by atoms with van der Waals surface area (Å²) < 4.78 is 0. The van der Waals surface area contributed by atoms with Crippen LogP contribution in [0.2, 0.25) is 0 Å². The first kappa shape index (κ1) is 8.47. The number of hydrazine groups is 1. The molecule has 1 saturated heterocycles. The Kier molecular flexibility index (Phi) is 2.16. The lowest BCUT2D eigenvalue weighted by Gasteiger charge is -2.14. The number of fused-ring (bicyclic) bond motifs is 1. The maximum Gasteiger partial charge on any atom is 0.322 e. The van der Waals surface area contributed by atoms with Gasteiger partial charge in [-0.05, 0) is 6.42 Å². The molecule has 4 nitrogen and oxygen atoms in total. The highest BCUT2D eigenvalue weighted by molar-refractivity contribution is 5.74. The van der Waals surface area contributed by atoms with E-state index in [9.17, 15) is 4.79 Å². The molecule has 0 amide bonds. The monoisotopic (exact) mass is 180 g/mol. The molecule has 0 aromatic heterocycles. The average molecular weight is 180 g/mol. The van der Waals surface area contributed by atoms with E-state index in [0.29, 0.717) is 0 Å². The van der Waals surface area contributed by atoms with Crippen molar-refractivity contribution in [2.45, 2.75) is 18.5 Å². The first-order valence-electron chi connectivity index (χ1n) is 4.36. The molecule has 2 rings (SSSR count). The Bertz CT molecular complexity index is 273. The third kappa shape index (κ3) is 1.50. The van der Waals surface area contributed by atoms with Crippen molar-refractivity contribution in [2.75, 3.05) is 0 Å². The SMILES string of the molecule is O=C(O)C1NNC2C=CC=CCC21. The number of carboxylic acid groups (broad SMARTS) is 1. The Morgan fingerprint density at radius 3 is 3.00 bits per heavy atom. The van der Waals surface area contributed by atoms with Gasteiger partial charge in [0.2, 0.25) is 0 Å². The number of hydrogen-bond donors (Lipinski definition) is 3. The molecule has 3 N–H and O–H groups in total. The summed E-state index contributed by atoms with van der Waals surface area (Å²) in [6, 6.07) is -0.339. The lowest BCUT2D eigenvalue weighted by molar-refractivity contribution is -0.140. The van der Waals surface area contributed by atoms with Crippen LogP contribution in [-0.2, 0) is 4.79 Å². The largest absolute Gasteiger partial charge is 0.480 e. The van der Waals surface area contributed by atoms with Gasteiger partial charge in [0.25, 0.3) is 0 Å². The van der Waals surface area contributed by atoms with Gasteiger partial charge >= 0.3 is 5.97 Å². The molecule has 4 heteroatoms. The van der Waals surface area contributed by atoms with Crippen LogP contribution < -0.4 is 10.9 Å². The predicted octanol–water partition coefficient (Wildman–Crippen LogP) is 0.0483. The van der Waals surface area contributed by atoms with Crippen LogP contribution >= 0.6 is 0 Å². The summed E-state index contributed by atoms with van der Waals surface area (Å²) in [4.78, 5) is 10.8. The lowest BCUT2D eigenvalue weighted by Crippen LogP contribution is -2.38. The molecule has 0 radical (unpaired) electrons. The average Bonchev–Trinajstić information content (AvgIpc) is 2.36. The Morgan fingerprint density at radius 2 is 2.23 bits per heavy atom. The summed E-state index contributed by atoms with van der Waals surface area (Å²) in [6.45, 7) is 0. The van der Waals surface area contributed by atoms with Gasteiger partial charge in [0.15, 0.2) is 0 Å². The first-order chi connectivity index (χ1) is 6.29. The van der Waals surface area contributed by atoms with Crippen molar-refractivity contribution in [1.82, 2.24) is 10.9 Å². The van der Waals surface area contributed by atoms with Crippen LogP contribution in [0.4, 0.5) is 0 Å².